The second kappa shape index (κ2) is 9.22. The van der Waals surface area contributed by atoms with Gasteiger partial charge >= 0.3 is 12.0 Å². The molecule has 0 spiro atoms. The van der Waals surface area contributed by atoms with E-state index in [0.29, 0.717) is 11.5 Å². The second-order valence-corrected chi connectivity index (χ2v) is 6.91. The Hall–Kier alpha value is -2.57. The first kappa shape index (κ1) is 19.8. The molecule has 1 aromatic carbocycles. The van der Waals surface area contributed by atoms with Crippen LogP contribution in [0.15, 0.2) is 24.3 Å². The zero-order valence-corrected chi connectivity index (χ0v) is 15.6. The molecule has 0 heterocycles. The van der Waals surface area contributed by atoms with Gasteiger partial charge in [-0.1, -0.05) is 19.8 Å². The number of anilines is 1. The average Bonchev–Trinajstić information content (AvgIpc) is 2.61. The van der Waals surface area contributed by atoms with Crippen molar-refractivity contribution in [1.82, 2.24) is 10.6 Å². The normalized spacial score (nSPS) is 19.3. The molecule has 3 amide bonds. The van der Waals surface area contributed by atoms with E-state index in [4.69, 9.17) is 4.74 Å². The topological polar surface area (TPSA) is 87.7 Å². The molecule has 2 N–H and O–H groups in total. The maximum Gasteiger partial charge on any atom is 0.338 e. The van der Waals surface area contributed by atoms with E-state index in [-0.39, 0.29) is 6.04 Å². The number of amides is 3. The summed E-state index contributed by atoms with van der Waals surface area (Å²) >= 11 is 0. The van der Waals surface area contributed by atoms with E-state index in [1.165, 1.54) is 6.42 Å². The highest BCUT2D eigenvalue weighted by atomic mass is 16.5. The number of hydrogen-bond donors (Lipinski definition) is 2. The molecule has 1 aliphatic carbocycles. The van der Waals surface area contributed by atoms with E-state index in [1.54, 1.807) is 24.3 Å². The van der Waals surface area contributed by atoms with E-state index >= 15 is 0 Å². The number of nitrogens with zero attached hydrogens (tertiary/aromatic N) is 1. The zero-order chi connectivity index (χ0) is 19.1. The predicted octanol–water partition coefficient (Wildman–Crippen LogP) is 2.31. The minimum absolute atomic E-state index is 0.0781. The third-order valence-corrected chi connectivity index (χ3v) is 4.63. The van der Waals surface area contributed by atoms with Crippen LogP contribution >= 0.6 is 0 Å². The van der Waals surface area contributed by atoms with Crippen LogP contribution in [0.1, 0.15) is 43.0 Å². The number of urea groups is 1. The molecular formula is C19H27N3O4. The Morgan fingerprint density at radius 3 is 2.38 bits per heavy atom. The van der Waals surface area contributed by atoms with Gasteiger partial charge in [0.15, 0.2) is 6.61 Å². The molecule has 0 bridgehead atoms. The summed E-state index contributed by atoms with van der Waals surface area (Å²) in [4.78, 5) is 37.6. The third-order valence-electron chi connectivity index (χ3n) is 4.63. The lowest BCUT2D eigenvalue weighted by Crippen LogP contribution is -2.48. The number of ether oxygens (including phenoxy) is 1. The molecule has 7 nitrogen and oxygen atoms in total. The number of esters is 1. The SMILES string of the molecule is C[C@H]1CCCC[C@@H]1NC(=O)NC(=O)COC(=O)c1ccc(N(C)C)cc1. The van der Waals surface area contributed by atoms with Crippen molar-refractivity contribution in [2.45, 2.75) is 38.6 Å². The highest BCUT2D eigenvalue weighted by Crippen LogP contribution is 2.23. The van der Waals surface area contributed by atoms with Gasteiger partial charge in [-0.3, -0.25) is 10.1 Å². The lowest BCUT2D eigenvalue weighted by atomic mass is 9.86. The van der Waals surface area contributed by atoms with Crippen LogP contribution in [0.5, 0.6) is 0 Å². The van der Waals surface area contributed by atoms with Crippen LogP contribution in [0.4, 0.5) is 10.5 Å². The Labute approximate surface area is 154 Å². The summed E-state index contributed by atoms with van der Waals surface area (Å²) in [7, 11) is 3.80. The summed E-state index contributed by atoms with van der Waals surface area (Å²) in [5.74, 6) is -0.858. The fourth-order valence-corrected chi connectivity index (χ4v) is 3.01. The Kier molecular flexibility index (Phi) is 7.00. The van der Waals surface area contributed by atoms with Gasteiger partial charge < -0.3 is 15.0 Å². The van der Waals surface area contributed by atoms with Gasteiger partial charge in [0.05, 0.1) is 5.56 Å². The Morgan fingerprint density at radius 2 is 1.77 bits per heavy atom. The maximum atomic E-state index is 12.0. The van der Waals surface area contributed by atoms with Crippen LogP contribution in [0.25, 0.3) is 0 Å². The number of carbonyl (C=O) groups is 3. The summed E-state index contributed by atoms with van der Waals surface area (Å²) in [5.41, 5.74) is 1.30. The minimum Gasteiger partial charge on any atom is -0.452 e. The van der Waals surface area contributed by atoms with Crippen molar-refractivity contribution < 1.29 is 19.1 Å². The fourth-order valence-electron chi connectivity index (χ4n) is 3.01. The molecule has 142 valence electrons. The molecule has 0 aliphatic heterocycles. The first-order chi connectivity index (χ1) is 12.4. The summed E-state index contributed by atoms with van der Waals surface area (Å²) in [6, 6.07) is 6.37. The Balaban J connectivity index is 1.75. The predicted molar refractivity (Wildman–Crippen MR) is 99.1 cm³/mol. The molecule has 0 saturated heterocycles. The number of imide groups is 1. The van der Waals surface area contributed by atoms with Crippen molar-refractivity contribution in [1.29, 1.82) is 0 Å². The van der Waals surface area contributed by atoms with Crippen LogP contribution in [0.3, 0.4) is 0 Å². The molecule has 1 saturated carbocycles. The quantitative estimate of drug-likeness (QED) is 0.786. The molecule has 0 unspecified atom stereocenters. The van der Waals surface area contributed by atoms with Crippen molar-refractivity contribution in [2.75, 3.05) is 25.6 Å². The molecule has 2 rings (SSSR count). The molecule has 1 aromatic rings. The fraction of sp³-hybridized carbons (Fsp3) is 0.526. The van der Waals surface area contributed by atoms with Gasteiger partial charge in [0.1, 0.15) is 0 Å². The zero-order valence-electron chi connectivity index (χ0n) is 15.6. The van der Waals surface area contributed by atoms with E-state index in [1.807, 2.05) is 19.0 Å². The number of rotatable bonds is 5. The first-order valence-electron chi connectivity index (χ1n) is 8.91. The van der Waals surface area contributed by atoms with Gasteiger partial charge in [-0.25, -0.2) is 9.59 Å². The summed E-state index contributed by atoms with van der Waals surface area (Å²) in [6.07, 6.45) is 4.24. The van der Waals surface area contributed by atoms with Crippen LogP contribution in [-0.2, 0) is 9.53 Å². The molecule has 0 aromatic heterocycles. The molecule has 1 aliphatic rings. The standard InChI is InChI=1S/C19H27N3O4/c1-13-6-4-5-7-16(13)20-19(25)21-17(23)12-26-18(24)14-8-10-15(11-9-14)22(2)3/h8-11,13,16H,4-7,12H2,1-3H3,(H2,20,21,23,25)/t13-,16-/m0/s1. The van der Waals surface area contributed by atoms with Gasteiger partial charge in [0.25, 0.3) is 5.91 Å². The van der Waals surface area contributed by atoms with Crippen LogP contribution in [0, 0.1) is 5.92 Å². The number of carbonyl (C=O) groups excluding carboxylic acids is 3. The highest BCUT2D eigenvalue weighted by molar-refractivity contribution is 5.97. The van der Waals surface area contributed by atoms with Gasteiger partial charge in [-0.15, -0.1) is 0 Å². The number of nitrogens with one attached hydrogen (secondary N) is 2. The first-order valence-corrected chi connectivity index (χ1v) is 8.91. The third kappa shape index (κ3) is 5.75. The van der Waals surface area contributed by atoms with Gasteiger partial charge in [0.2, 0.25) is 0 Å². The summed E-state index contributed by atoms with van der Waals surface area (Å²) in [6.45, 7) is 1.59. The van der Waals surface area contributed by atoms with E-state index in [2.05, 4.69) is 17.6 Å². The maximum absolute atomic E-state index is 12.0. The van der Waals surface area contributed by atoms with Crippen molar-refractivity contribution in [2.24, 2.45) is 5.92 Å². The van der Waals surface area contributed by atoms with Gasteiger partial charge in [-0.05, 0) is 43.0 Å². The molecule has 0 radical (unpaired) electrons. The lowest BCUT2D eigenvalue weighted by molar-refractivity contribution is -0.123. The monoisotopic (exact) mass is 361 g/mol. The van der Waals surface area contributed by atoms with Gasteiger partial charge in [-0.2, -0.15) is 0 Å². The van der Waals surface area contributed by atoms with E-state index in [0.717, 1.165) is 24.9 Å². The molecule has 7 heteroatoms. The Bertz CT molecular complexity index is 643. The minimum atomic E-state index is -0.649. The van der Waals surface area contributed by atoms with Crippen molar-refractivity contribution in [3.05, 3.63) is 29.8 Å². The smallest absolute Gasteiger partial charge is 0.338 e. The average molecular weight is 361 g/mol. The molecule has 2 atom stereocenters. The van der Waals surface area contributed by atoms with Crippen molar-refractivity contribution in [3.8, 4) is 0 Å². The van der Waals surface area contributed by atoms with Crippen molar-refractivity contribution >= 4 is 23.6 Å². The highest BCUT2D eigenvalue weighted by Gasteiger charge is 2.23. The molecular weight excluding hydrogens is 334 g/mol. The van der Waals surface area contributed by atoms with Gasteiger partial charge in [0, 0.05) is 25.8 Å². The van der Waals surface area contributed by atoms with Crippen molar-refractivity contribution in [3.63, 3.8) is 0 Å². The largest absolute Gasteiger partial charge is 0.452 e. The van der Waals surface area contributed by atoms with E-state index < -0.39 is 24.5 Å². The molecule has 26 heavy (non-hydrogen) atoms. The molecule has 1 fully saturated rings. The van der Waals surface area contributed by atoms with Crippen LogP contribution in [-0.4, -0.2) is 44.7 Å². The Morgan fingerprint density at radius 1 is 1.12 bits per heavy atom. The van der Waals surface area contributed by atoms with Crippen LogP contribution in [0.2, 0.25) is 0 Å². The summed E-state index contributed by atoms with van der Waals surface area (Å²) < 4.78 is 4.96. The lowest BCUT2D eigenvalue weighted by Gasteiger charge is -2.29. The second-order valence-electron chi connectivity index (χ2n) is 6.91. The summed E-state index contributed by atoms with van der Waals surface area (Å²) in [5, 5.41) is 5.03. The number of hydrogen-bond acceptors (Lipinski definition) is 5. The van der Waals surface area contributed by atoms with Crippen LogP contribution < -0.4 is 15.5 Å². The number of benzene rings is 1. The van der Waals surface area contributed by atoms with E-state index in [9.17, 15) is 14.4 Å².